The van der Waals surface area contributed by atoms with Crippen molar-refractivity contribution in [2.45, 2.75) is 63.2 Å². The van der Waals surface area contributed by atoms with Crippen molar-refractivity contribution in [2.75, 3.05) is 4.90 Å². The average Bonchev–Trinajstić information content (AvgIpc) is 3.87. The first-order valence-electron chi connectivity index (χ1n) is 25.5. The summed E-state index contributed by atoms with van der Waals surface area (Å²) < 4.78 is 7.01. The van der Waals surface area contributed by atoms with E-state index in [1.165, 1.54) is 83.5 Å². The van der Waals surface area contributed by atoms with Crippen molar-refractivity contribution in [2.24, 2.45) is 0 Å². The predicted octanol–water partition coefficient (Wildman–Crippen LogP) is 18.3. The van der Waals surface area contributed by atoms with Crippen LogP contribution >= 0.6 is 0 Å². The van der Waals surface area contributed by atoms with E-state index in [-0.39, 0.29) is 10.8 Å². The van der Waals surface area contributed by atoms with Gasteiger partial charge in [0.25, 0.3) is 0 Å². The summed E-state index contributed by atoms with van der Waals surface area (Å²) >= 11 is 0. The molecule has 0 fully saturated rings. The smallest absolute Gasteiger partial charge is 0.132 e. The van der Waals surface area contributed by atoms with Gasteiger partial charge in [-0.15, -0.1) is 0 Å². The van der Waals surface area contributed by atoms with Crippen LogP contribution in [-0.4, -0.2) is 0 Å². The fourth-order valence-electron chi connectivity index (χ4n) is 12.6. The van der Waals surface area contributed by atoms with Crippen molar-refractivity contribution < 1.29 is 4.74 Å². The van der Waals surface area contributed by atoms with Crippen LogP contribution in [0.5, 0.6) is 11.5 Å². The SMILES string of the molecule is CC(C)(C)c1ccc2c(c1)C1(c3cc(C(C)(C)C)ccc3O2)c2ccccc2-c2c(-c3ccccc3N(c3ccccc3)c3ccc4c(c3)C(c3ccccc3)(c3ccccc3)c3ccccc3-4)cccc21. The molecule has 0 aromatic heterocycles. The van der Waals surface area contributed by atoms with Crippen LogP contribution in [0.2, 0.25) is 0 Å². The first-order chi connectivity index (χ1) is 35.0. The van der Waals surface area contributed by atoms with Gasteiger partial charge >= 0.3 is 0 Å². The third-order valence-corrected chi connectivity index (χ3v) is 15.9. The maximum Gasteiger partial charge on any atom is 0.132 e. The highest BCUT2D eigenvalue weighted by Gasteiger charge is 2.53. The van der Waals surface area contributed by atoms with Gasteiger partial charge < -0.3 is 9.64 Å². The zero-order valence-corrected chi connectivity index (χ0v) is 41.9. The van der Waals surface area contributed by atoms with E-state index in [9.17, 15) is 0 Å². The van der Waals surface area contributed by atoms with E-state index >= 15 is 0 Å². The Morgan fingerprint density at radius 2 is 0.792 bits per heavy atom. The van der Waals surface area contributed by atoms with E-state index in [0.717, 1.165) is 34.1 Å². The lowest BCUT2D eigenvalue weighted by molar-refractivity contribution is 0.433. The van der Waals surface area contributed by atoms with E-state index in [4.69, 9.17) is 4.74 Å². The number of fused-ring (bicyclic) bond motifs is 12. The second kappa shape index (κ2) is 16.2. The van der Waals surface area contributed by atoms with Gasteiger partial charge in [-0.25, -0.2) is 0 Å². The molecule has 13 rings (SSSR count). The van der Waals surface area contributed by atoms with E-state index < -0.39 is 10.8 Å². The lowest BCUT2D eigenvalue weighted by Crippen LogP contribution is -2.33. The molecule has 10 aromatic rings. The predicted molar refractivity (Wildman–Crippen MR) is 299 cm³/mol. The maximum absolute atomic E-state index is 7.01. The standard InChI is InChI=1S/C70H57NO/c1-67(2,3)48-37-41-64-61(43-48)70(62-44-49(68(4,5)6)38-42-65(62)72-64)58-34-20-17-31-56(58)66-55(32-22-35-59(66)70)54-30-18-21-36-63(54)71(50-27-14-9-15-28-50)51-39-40-53-52-29-16-19-33-57(52)69(60(53)45-51,46-23-10-7-11-24-46)47-25-12-8-13-26-47/h7-45H,1-6H3. The van der Waals surface area contributed by atoms with E-state index in [2.05, 4.69) is 283 Å². The van der Waals surface area contributed by atoms with Gasteiger partial charge in [-0.2, -0.15) is 0 Å². The van der Waals surface area contributed by atoms with Crippen molar-refractivity contribution in [1.29, 1.82) is 0 Å². The molecule has 0 radical (unpaired) electrons. The summed E-state index contributed by atoms with van der Waals surface area (Å²) in [6.07, 6.45) is 0. The summed E-state index contributed by atoms with van der Waals surface area (Å²) in [5.41, 5.74) is 21.9. The van der Waals surface area contributed by atoms with Crippen LogP contribution in [0.25, 0.3) is 33.4 Å². The Balaban J connectivity index is 1.08. The van der Waals surface area contributed by atoms with Crippen molar-refractivity contribution in [3.8, 4) is 44.9 Å². The highest BCUT2D eigenvalue weighted by atomic mass is 16.5. The summed E-state index contributed by atoms with van der Waals surface area (Å²) in [6.45, 7) is 13.9. The average molecular weight is 928 g/mol. The minimum Gasteiger partial charge on any atom is -0.457 e. The Morgan fingerprint density at radius 1 is 0.319 bits per heavy atom. The Morgan fingerprint density at radius 3 is 1.39 bits per heavy atom. The third kappa shape index (κ3) is 6.34. The molecule has 0 N–H and O–H groups in total. The molecule has 0 saturated carbocycles. The van der Waals surface area contributed by atoms with Crippen LogP contribution < -0.4 is 9.64 Å². The molecule has 72 heavy (non-hydrogen) atoms. The summed E-state index contributed by atoms with van der Waals surface area (Å²) in [5, 5.41) is 0. The van der Waals surface area contributed by atoms with Crippen molar-refractivity contribution >= 4 is 17.1 Å². The Hall–Kier alpha value is -8.20. The Bertz CT molecular complexity index is 3640. The van der Waals surface area contributed by atoms with E-state index in [1.54, 1.807) is 0 Å². The number of ether oxygens (including phenoxy) is 1. The fourth-order valence-corrected chi connectivity index (χ4v) is 12.6. The van der Waals surface area contributed by atoms with Crippen LogP contribution in [-0.2, 0) is 21.7 Å². The zero-order chi connectivity index (χ0) is 49.0. The van der Waals surface area contributed by atoms with Gasteiger partial charge in [0.2, 0.25) is 0 Å². The molecular formula is C70H57NO. The largest absolute Gasteiger partial charge is 0.457 e. The van der Waals surface area contributed by atoms with Crippen LogP contribution in [0.1, 0.15) is 97.2 Å². The van der Waals surface area contributed by atoms with Gasteiger partial charge in [0.05, 0.1) is 16.5 Å². The van der Waals surface area contributed by atoms with E-state index in [1.807, 2.05) is 0 Å². The van der Waals surface area contributed by atoms with Crippen LogP contribution in [0, 0.1) is 0 Å². The molecule has 1 spiro atoms. The topological polar surface area (TPSA) is 12.5 Å². The molecule has 0 bridgehead atoms. The molecule has 1 heterocycles. The molecule has 0 unspecified atom stereocenters. The summed E-state index contributed by atoms with van der Waals surface area (Å²) in [4.78, 5) is 2.49. The molecule has 2 nitrogen and oxygen atoms in total. The zero-order valence-electron chi connectivity index (χ0n) is 41.9. The van der Waals surface area contributed by atoms with Gasteiger partial charge in [0.1, 0.15) is 11.5 Å². The molecule has 0 amide bonds. The normalized spacial score (nSPS) is 14.3. The summed E-state index contributed by atoms with van der Waals surface area (Å²) in [6, 6.07) is 88.4. The van der Waals surface area contributed by atoms with Crippen molar-refractivity contribution in [3.63, 3.8) is 0 Å². The number of benzene rings is 10. The number of nitrogens with zero attached hydrogens (tertiary/aromatic N) is 1. The van der Waals surface area contributed by atoms with Crippen LogP contribution in [0.15, 0.2) is 237 Å². The van der Waals surface area contributed by atoms with Gasteiger partial charge in [0, 0.05) is 28.1 Å². The number of anilines is 3. The van der Waals surface area contributed by atoms with Crippen molar-refractivity contribution in [3.05, 3.63) is 292 Å². The number of para-hydroxylation sites is 2. The third-order valence-electron chi connectivity index (χ3n) is 15.9. The van der Waals surface area contributed by atoms with Gasteiger partial charge in [0.15, 0.2) is 0 Å². The van der Waals surface area contributed by atoms with Crippen LogP contribution in [0.4, 0.5) is 17.1 Å². The fraction of sp³-hybridized carbons (Fsp3) is 0.143. The van der Waals surface area contributed by atoms with Gasteiger partial charge in [-0.3, -0.25) is 0 Å². The molecular weight excluding hydrogens is 871 g/mol. The molecule has 10 aromatic carbocycles. The van der Waals surface area contributed by atoms with Gasteiger partial charge in [-0.1, -0.05) is 224 Å². The lowest BCUT2D eigenvalue weighted by atomic mass is 9.64. The molecule has 3 aliphatic rings. The molecule has 2 heteroatoms. The molecule has 1 aliphatic heterocycles. The molecule has 348 valence electrons. The number of hydrogen-bond acceptors (Lipinski definition) is 2. The highest BCUT2D eigenvalue weighted by Crippen LogP contribution is 2.65. The maximum atomic E-state index is 7.01. The second-order valence-electron chi connectivity index (χ2n) is 22.0. The minimum absolute atomic E-state index is 0.0748. The monoisotopic (exact) mass is 927 g/mol. The summed E-state index contributed by atoms with van der Waals surface area (Å²) in [7, 11) is 0. The number of hydrogen-bond donors (Lipinski definition) is 0. The highest BCUT2D eigenvalue weighted by molar-refractivity contribution is 6.01. The Kier molecular flexibility index (Phi) is 9.83. The molecule has 0 atom stereocenters. The van der Waals surface area contributed by atoms with Crippen molar-refractivity contribution in [1.82, 2.24) is 0 Å². The first-order valence-corrected chi connectivity index (χ1v) is 25.5. The lowest BCUT2D eigenvalue weighted by Gasteiger charge is -2.41. The number of rotatable bonds is 6. The molecule has 0 saturated heterocycles. The van der Waals surface area contributed by atoms with Gasteiger partial charge in [-0.05, 0) is 138 Å². The minimum atomic E-state index is -0.644. The second-order valence-corrected chi connectivity index (χ2v) is 22.0. The first kappa shape index (κ1) is 43.8. The quantitative estimate of drug-likeness (QED) is 0.165. The summed E-state index contributed by atoms with van der Waals surface area (Å²) in [5.74, 6) is 1.81. The molecule has 2 aliphatic carbocycles. The van der Waals surface area contributed by atoms with E-state index in [0.29, 0.717) is 0 Å². The van der Waals surface area contributed by atoms with Crippen LogP contribution in [0.3, 0.4) is 0 Å². The Labute approximate surface area is 424 Å².